The van der Waals surface area contributed by atoms with Crippen LogP contribution >= 0.6 is 11.6 Å². The molecule has 1 aromatic rings. The van der Waals surface area contributed by atoms with Crippen LogP contribution in [0, 0.1) is 5.92 Å². The van der Waals surface area contributed by atoms with Gasteiger partial charge in [0.15, 0.2) is 0 Å². The molecular formula is C17H18ClNO. The highest BCUT2D eigenvalue weighted by molar-refractivity contribution is 6.29. The van der Waals surface area contributed by atoms with Gasteiger partial charge in [0.05, 0.1) is 0 Å². The Morgan fingerprint density at radius 3 is 2.85 bits per heavy atom. The zero-order valence-corrected chi connectivity index (χ0v) is 12.4. The van der Waals surface area contributed by atoms with Gasteiger partial charge in [-0.25, -0.2) is 0 Å². The summed E-state index contributed by atoms with van der Waals surface area (Å²) in [5.41, 5.74) is 2.67. The highest BCUT2D eigenvalue weighted by Crippen LogP contribution is 2.47. The predicted octanol–water partition coefficient (Wildman–Crippen LogP) is 3.89. The third kappa shape index (κ3) is 1.90. The van der Waals surface area contributed by atoms with Crippen LogP contribution in [0.3, 0.4) is 0 Å². The van der Waals surface area contributed by atoms with Gasteiger partial charge in [-0.15, -0.1) is 0 Å². The minimum Gasteiger partial charge on any atom is -0.461 e. The van der Waals surface area contributed by atoms with Gasteiger partial charge in [-0.3, -0.25) is 0 Å². The number of nitrogens with zero attached hydrogens (tertiary/aromatic N) is 1. The van der Waals surface area contributed by atoms with Gasteiger partial charge < -0.3 is 9.64 Å². The first-order valence-corrected chi connectivity index (χ1v) is 7.64. The van der Waals surface area contributed by atoms with E-state index in [-0.39, 0.29) is 0 Å². The van der Waals surface area contributed by atoms with Crippen LogP contribution in [0.5, 0.6) is 5.75 Å². The van der Waals surface area contributed by atoms with Gasteiger partial charge in [-0.05, 0) is 36.7 Å². The van der Waals surface area contributed by atoms with E-state index in [0.29, 0.717) is 11.8 Å². The highest BCUT2D eigenvalue weighted by Gasteiger charge is 2.39. The van der Waals surface area contributed by atoms with Crippen LogP contribution in [-0.2, 0) is 0 Å². The van der Waals surface area contributed by atoms with Gasteiger partial charge in [0, 0.05) is 36.4 Å². The molecule has 104 valence electrons. The first-order chi connectivity index (χ1) is 9.72. The molecular weight excluding hydrogens is 270 g/mol. The molecule has 0 bridgehead atoms. The lowest BCUT2D eigenvalue weighted by Gasteiger charge is -2.21. The van der Waals surface area contributed by atoms with E-state index in [4.69, 9.17) is 16.3 Å². The minimum atomic E-state index is 0.507. The number of benzene rings is 1. The Bertz CT molecular complexity index is 619. The smallest absolute Gasteiger partial charge is 0.130 e. The number of hydrogen-bond donors (Lipinski definition) is 0. The van der Waals surface area contributed by atoms with Crippen LogP contribution in [0.4, 0.5) is 0 Å². The molecule has 2 nitrogen and oxygen atoms in total. The fraction of sp³-hybridized carbons (Fsp3) is 0.412. The number of para-hydroxylation sites is 1. The summed E-state index contributed by atoms with van der Waals surface area (Å²) in [6, 6.07) is 8.49. The zero-order chi connectivity index (χ0) is 13.7. The number of fused-ring (bicyclic) bond motifs is 4. The van der Waals surface area contributed by atoms with Gasteiger partial charge in [0.25, 0.3) is 0 Å². The van der Waals surface area contributed by atoms with Crippen LogP contribution in [0.25, 0.3) is 0 Å². The Kier molecular flexibility index (Phi) is 2.90. The van der Waals surface area contributed by atoms with Crippen molar-refractivity contribution in [2.45, 2.75) is 18.8 Å². The summed E-state index contributed by atoms with van der Waals surface area (Å²) < 4.78 is 6.24. The molecule has 2 heterocycles. The van der Waals surface area contributed by atoms with Crippen LogP contribution in [0.1, 0.15) is 24.3 Å². The standard InChI is InChI=1S/C17H18ClNO/c1-19-9-14-12-4-2-3-5-16(12)20-17-7-6-11(18)8-13(17)15(14)10-19/h2-5,8,14-15H,6-7,9-10H2,1H3/t14-,15-/m1/s1. The minimum absolute atomic E-state index is 0.507. The second-order valence-corrected chi connectivity index (χ2v) is 6.53. The van der Waals surface area contributed by atoms with Crippen molar-refractivity contribution in [2.24, 2.45) is 5.92 Å². The zero-order valence-electron chi connectivity index (χ0n) is 11.6. The molecule has 1 fully saturated rings. The Balaban J connectivity index is 1.88. The maximum absolute atomic E-state index is 6.29. The van der Waals surface area contributed by atoms with Crippen molar-refractivity contribution in [1.82, 2.24) is 4.90 Å². The molecule has 0 amide bonds. The van der Waals surface area contributed by atoms with Gasteiger partial charge in [-0.2, -0.15) is 0 Å². The number of likely N-dealkylation sites (N-methyl/N-ethyl adjacent to an activating group) is 1. The average molecular weight is 288 g/mol. The number of hydrogen-bond acceptors (Lipinski definition) is 2. The lowest BCUT2D eigenvalue weighted by Crippen LogP contribution is -2.17. The SMILES string of the molecule is CN1C[C@@H]2C3=C(CCC(Cl)=C3)Oc3ccccc3[C@H]2C1. The summed E-state index contributed by atoms with van der Waals surface area (Å²) in [4.78, 5) is 2.42. The van der Waals surface area contributed by atoms with Crippen molar-refractivity contribution in [2.75, 3.05) is 20.1 Å². The molecule has 0 radical (unpaired) electrons. The Hall–Kier alpha value is -1.25. The fourth-order valence-electron chi connectivity index (χ4n) is 3.77. The van der Waals surface area contributed by atoms with E-state index < -0.39 is 0 Å². The average Bonchev–Trinajstić information content (AvgIpc) is 2.78. The number of likely N-dealkylation sites (tertiary alicyclic amines) is 1. The summed E-state index contributed by atoms with van der Waals surface area (Å²) in [6.07, 6.45) is 3.98. The van der Waals surface area contributed by atoms with Gasteiger partial charge in [0.2, 0.25) is 0 Å². The molecule has 3 heteroatoms. The largest absolute Gasteiger partial charge is 0.461 e. The van der Waals surface area contributed by atoms with Crippen LogP contribution in [0.15, 0.2) is 46.7 Å². The van der Waals surface area contributed by atoms with E-state index in [1.807, 2.05) is 0 Å². The Labute approximate surface area is 124 Å². The van der Waals surface area contributed by atoms with E-state index in [9.17, 15) is 0 Å². The normalized spacial score (nSPS) is 29.0. The monoisotopic (exact) mass is 287 g/mol. The first-order valence-electron chi connectivity index (χ1n) is 7.27. The molecule has 20 heavy (non-hydrogen) atoms. The molecule has 2 aliphatic heterocycles. The molecule has 0 spiro atoms. The maximum Gasteiger partial charge on any atom is 0.130 e. The number of ether oxygens (including phenoxy) is 1. The van der Waals surface area contributed by atoms with Crippen molar-refractivity contribution in [3.8, 4) is 5.75 Å². The number of rotatable bonds is 0. The number of halogens is 1. The third-order valence-corrected chi connectivity index (χ3v) is 4.98. The van der Waals surface area contributed by atoms with Crippen molar-refractivity contribution in [3.63, 3.8) is 0 Å². The highest BCUT2D eigenvalue weighted by atomic mass is 35.5. The molecule has 4 rings (SSSR count). The summed E-state index contributed by atoms with van der Waals surface area (Å²) in [6.45, 7) is 2.18. The summed E-state index contributed by atoms with van der Waals surface area (Å²) >= 11 is 6.29. The summed E-state index contributed by atoms with van der Waals surface area (Å²) in [5.74, 6) is 3.19. The van der Waals surface area contributed by atoms with E-state index >= 15 is 0 Å². The number of allylic oxidation sites excluding steroid dienone is 3. The van der Waals surface area contributed by atoms with Crippen molar-refractivity contribution >= 4 is 11.6 Å². The molecule has 1 aliphatic carbocycles. The van der Waals surface area contributed by atoms with Crippen molar-refractivity contribution < 1.29 is 4.74 Å². The van der Waals surface area contributed by atoms with E-state index in [0.717, 1.165) is 42.5 Å². The molecule has 0 unspecified atom stereocenters. The van der Waals surface area contributed by atoms with Crippen molar-refractivity contribution in [3.05, 3.63) is 52.3 Å². The predicted molar refractivity (Wildman–Crippen MR) is 81.0 cm³/mol. The molecule has 0 aromatic heterocycles. The lowest BCUT2D eigenvalue weighted by molar-refractivity contribution is 0.375. The topological polar surface area (TPSA) is 12.5 Å². The maximum atomic E-state index is 6.29. The van der Waals surface area contributed by atoms with E-state index in [2.05, 4.69) is 42.3 Å². The Morgan fingerprint density at radius 1 is 1.15 bits per heavy atom. The van der Waals surface area contributed by atoms with Crippen LogP contribution < -0.4 is 4.74 Å². The lowest BCUT2D eigenvalue weighted by atomic mass is 9.82. The second-order valence-electron chi connectivity index (χ2n) is 6.04. The van der Waals surface area contributed by atoms with E-state index in [1.54, 1.807) is 0 Å². The fourth-order valence-corrected chi connectivity index (χ4v) is 3.98. The van der Waals surface area contributed by atoms with E-state index in [1.165, 1.54) is 11.1 Å². The molecule has 0 saturated carbocycles. The van der Waals surface area contributed by atoms with Crippen LogP contribution in [0.2, 0.25) is 0 Å². The molecule has 1 aromatic carbocycles. The first kappa shape index (κ1) is 12.5. The summed E-state index contributed by atoms with van der Waals surface area (Å²) in [5, 5.41) is 0.964. The molecule has 3 aliphatic rings. The van der Waals surface area contributed by atoms with Gasteiger partial charge >= 0.3 is 0 Å². The van der Waals surface area contributed by atoms with Crippen molar-refractivity contribution in [1.29, 1.82) is 0 Å². The third-order valence-electron chi connectivity index (χ3n) is 4.68. The Morgan fingerprint density at radius 2 is 1.95 bits per heavy atom. The van der Waals surface area contributed by atoms with Crippen LogP contribution in [-0.4, -0.2) is 25.0 Å². The van der Waals surface area contributed by atoms with Gasteiger partial charge in [-0.1, -0.05) is 29.8 Å². The van der Waals surface area contributed by atoms with Gasteiger partial charge in [0.1, 0.15) is 11.5 Å². The molecule has 1 saturated heterocycles. The summed E-state index contributed by atoms with van der Waals surface area (Å²) in [7, 11) is 2.20. The molecule has 2 atom stereocenters. The quantitative estimate of drug-likeness (QED) is 0.718. The molecule has 0 N–H and O–H groups in total. The second kappa shape index (κ2) is 4.64.